The number of hydrogen-bond donors (Lipinski definition) is 1. The van der Waals surface area contributed by atoms with Gasteiger partial charge >= 0.3 is 0 Å². The lowest BCUT2D eigenvalue weighted by Crippen LogP contribution is -2.27. The number of amides is 1. The first-order valence-electron chi connectivity index (χ1n) is 9.01. The topological polar surface area (TPSA) is 75.7 Å². The van der Waals surface area contributed by atoms with E-state index in [0.29, 0.717) is 35.2 Å². The van der Waals surface area contributed by atoms with E-state index in [4.69, 9.17) is 27.9 Å². The molecule has 0 heterocycles. The Kier molecular flexibility index (Phi) is 8.34. The van der Waals surface area contributed by atoms with Crippen molar-refractivity contribution >= 4 is 39.1 Å². The van der Waals surface area contributed by atoms with Gasteiger partial charge in [0, 0.05) is 25.5 Å². The third-order valence-corrected chi connectivity index (χ3v) is 6.60. The van der Waals surface area contributed by atoms with Crippen molar-refractivity contribution in [3.63, 3.8) is 0 Å². The van der Waals surface area contributed by atoms with Crippen molar-refractivity contribution in [3.05, 3.63) is 58.1 Å². The van der Waals surface area contributed by atoms with Gasteiger partial charge in [0.15, 0.2) is 0 Å². The molecule has 1 atom stereocenters. The lowest BCUT2D eigenvalue weighted by molar-refractivity contribution is -0.121. The van der Waals surface area contributed by atoms with Crippen LogP contribution in [0.4, 0.5) is 0 Å². The molecule has 0 aliphatic carbocycles. The molecule has 0 radical (unpaired) electrons. The molecule has 29 heavy (non-hydrogen) atoms. The molecule has 0 spiro atoms. The van der Waals surface area contributed by atoms with Gasteiger partial charge in [0.05, 0.1) is 22.6 Å². The number of benzene rings is 2. The first-order valence-corrected chi connectivity index (χ1v) is 11.2. The normalized spacial score (nSPS) is 12.6. The third kappa shape index (κ3) is 6.60. The summed E-state index contributed by atoms with van der Waals surface area (Å²) in [4.78, 5) is 12.4. The van der Waals surface area contributed by atoms with Crippen LogP contribution in [0.25, 0.3) is 0 Å². The van der Waals surface area contributed by atoms with Gasteiger partial charge in [0.2, 0.25) is 15.9 Å². The number of sulfonamides is 1. The molecule has 2 rings (SSSR count). The molecule has 1 unspecified atom stereocenters. The standard InChI is InChI=1S/C20H24Cl2N2O4S/c1-14(15-6-9-17(10-7-15)29(26,27)24(2)3)23-20(25)5-4-12-28-19-11-8-16(21)13-18(19)22/h6-11,13-14H,4-5,12H2,1-3H3,(H,23,25). The summed E-state index contributed by atoms with van der Waals surface area (Å²) in [5.74, 6) is 0.408. The first-order chi connectivity index (χ1) is 13.6. The zero-order valence-electron chi connectivity index (χ0n) is 16.5. The molecule has 0 fully saturated rings. The Balaban J connectivity index is 1.81. The highest BCUT2D eigenvalue weighted by Gasteiger charge is 2.17. The van der Waals surface area contributed by atoms with Crippen molar-refractivity contribution in [1.82, 2.24) is 9.62 Å². The van der Waals surface area contributed by atoms with E-state index < -0.39 is 10.0 Å². The summed E-state index contributed by atoms with van der Waals surface area (Å²) in [5, 5.41) is 3.85. The summed E-state index contributed by atoms with van der Waals surface area (Å²) in [6.45, 7) is 2.19. The van der Waals surface area contributed by atoms with Crippen LogP contribution in [0.3, 0.4) is 0 Å². The van der Waals surface area contributed by atoms with Crippen molar-refractivity contribution < 1.29 is 17.9 Å². The fourth-order valence-corrected chi connectivity index (χ4v) is 3.91. The van der Waals surface area contributed by atoms with Gasteiger partial charge in [0.1, 0.15) is 5.75 Å². The van der Waals surface area contributed by atoms with E-state index in [1.807, 2.05) is 6.92 Å². The van der Waals surface area contributed by atoms with Gasteiger partial charge in [0.25, 0.3) is 0 Å². The summed E-state index contributed by atoms with van der Waals surface area (Å²) >= 11 is 11.9. The minimum Gasteiger partial charge on any atom is -0.492 e. The Labute approximate surface area is 181 Å². The van der Waals surface area contributed by atoms with E-state index in [2.05, 4.69) is 5.32 Å². The molecule has 6 nitrogen and oxygen atoms in total. The highest BCUT2D eigenvalue weighted by atomic mass is 35.5. The van der Waals surface area contributed by atoms with Crippen LogP contribution >= 0.6 is 23.2 Å². The summed E-state index contributed by atoms with van der Waals surface area (Å²) < 4.78 is 30.9. The van der Waals surface area contributed by atoms with E-state index >= 15 is 0 Å². The number of nitrogens with zero attached hydrogens (tertiary/aromatic N) is 1. The molecule has 0 aromatic heterocycles. The number of ether oxygens (including phenoxy) is 1. The molecule has 2 aromatic rings. The number of hydrogen-bond acceptors (Lipinski definition) is 4. The van der Waals surface area contributed by atoms with Gasteiger partial charge in [-0.05, 0) is 49.2 Å². The first kappa shape index (κ1) is 23.5. The fourth-order valence-electron chi connectivity index (χ4n) is 2.54. The fraction of sp³-hybridized carbons (Fsp3) is 0.350. The summed E-state index contributed by atoms with van der Waals surface area (Å²) in [5.41, 5.74) is 0.820. The Hall–Kier alpha value is -1.80. The maximum absolute atomic E-state index is 12.2. The number of rotatable bonds is 9. The number of halogens is 2. The van der Waals surface area contributed by atoms with Crippen molar-refractivity contribution in [2.45, 2.75) is 30.7 Å². The van der Waals surface area contributed by atoms with Crippen molar-refractivity contribution in [2.24, 2.45) is 0 Å². The molecule has 158 valence electrons. The van der Waals surface area contributed by atoms with Crippen molar-refractivity contribution in [3.8, 4) is 5.75 Å². The predicted octanol–water partition coefficient (Wildman–Crippen LogP) is 4.28. The summed E-state index contributed by atoms with van der Waals surface area (Å²) in [7, 11) is -0.505. The van der Waals surface area contributed by atoms with Gasteiger partial charge < -0.3 is 10.1 Å². The maximum atomic E-state index is 12.2. The molecule has 0 aliphatic rings. The Bertz CT molecular complexity index is 947. The summed E-state index contributed by atoms with van der Waals surface area (Å²) in [6, 6.07) is 11.2. The largest absolute Gasteiger partial charge is 0.492 e. The quantitative estimate of drug-likeness (QED) is 0.568. The van der Waals surface area contributed by atoms with Crippen molar-refractivity contribution in [1.29, 1.82) is 0 Å². The molecule has 0 bridgehead atoms. The van der Waals surface area contributed by atoms with Crippen LogP contribution in [0.15, 0.2) is 47.4 Å². The molecular formula is C20H24Cl2N2O4S. The summed E-state index contributed by atoms with van der Waals surface area (Å²) in [6.07, 6.45) is 0.820. The van der Waals surface area contributed by atoms with Crippen LogP contribution in [0.1, 0.15) is 31.4 Å². The molecule has 2 aromatic carbocycles. The average molecular weight is 459 g/mol. The molecular weight excluding hydrogens is 435 g/mol. The monoisotopic (exact) mass is 458 g/mol. The maximum Gasteiger partial charge on any atom is 0.242 e. The zero-order chi connectivity index (χ0) is 21.6. The minimum atomic E-state index is -3.47. The zero-order valence-corrected chi connectivity index (χ0v) is 18.8. The Morgan fingerprint density at radius 3 is 2.38 bits per heavy atom. The van der Waals surface area contributed by atoms with E-state index in [9.17, 15) is 13.2 Å². The van der Waals surface area contributed by atoms with Crippen molar-refractivity contribution in [2.75, 3.05) is 20.7 Å². The lowest BCUT2D eigenvalue weighted by atomic mass is 10.1. The van der Waals surface area contributed by atoms with E-state index in [1.54, 1.807) is 30.3 Å². The van der Waals surface area contributed by atoms with Crippen LogP contribution in [0.5, 0.6) is 5.75 Å². The lowest BCUT2D eigenvalue weighted by Gasteiger charge is -2.16. The smallest absolute Gasteiger partial charge is 0.242 e. The van der Waals surface area contributed by atoms with Crippen LogP contribution in [0, 0.1) is 0 Å². The Morgan fingerprint density at radius 1 is 1.14 bits per heavy atom. The molecule has 0 aliphatic heterocycles. The Morgan fingerprint density at radius 2 is 1.79 bits per heavy atom. The second kappa shape index (κ2) is 10.3. The third-order valence-electron chi connectivity index (χ3n) is 4.24. The van der Waals surface area contributed by atoms with Crippen LogP contribution in [0.2, 0.25) is 10.0 Å². The highest BCUT2D eigenvalue weighted by Crippen LogP contribution is 2.27. The van der Waals surface area contributed by atoms with Gasteiger partial charge in [-0.15, -0.1) is 0 Å². The van der Waals surface area contributed by atoms with Gasteiger partial charge in [-0.25, -0.2) is 12.7 Å². The molecule has 9 heteroatoms. The van der Waals surface area contributed by atoms with Crippen LogP contribution < -0.4 is 10.1 Å². The SMILES string of the molecule is CC(NC(=O)CCCOc1ccc(Cl)cc1Cl)c1ccc(S(=O)(=O)N(C)C)cc1. The number of carbonyl (C=O) groups excluding carboxylic acids is 1. The van der Waals surface area contributed by atoms with E-state index in [-0.39, 0.29) is 16.8 Å². The minimum absolute atomic E-state index is 0.117. The van der Waals surface area contributed by atoms with Crippen LogP contribution in [-0.4, -0.2) is 39.3 Å². The van der Waals surface area contributed by atoms with E-state index in [1.165, 1.54) is 26.2 Å². The highest BCUT2D eigenvalue weighted by molar-refractivity contribution is 7.89. The average Bonchev–Trinajstić information content (AvgIpc) is 2.66. The predicted molar refractivity (Wildman–Crippen MR) is 115 cm³/mol. The van der Waals surface area contributed by atoms with Gasteiger partial charge in [-0.1, -0.05) is 35.3 Å². The second-order valence-corrected chi connectivity index (χ2v) is 9.67. The molecule has 0 saturated heterocycles. The van der Waals surface area contributed by atoms with Gasteiger partial charge in [-0.2, -0.15) is 0 Å². The molecule has 1 amide bonds. The molecule has 0 saturated carbocycles. The van der Waals surface area contributed by atoms with Gasteiger partial charge in [-0.3, -0.25) is 4.79 Å². The number of carbonyl (C=O) groups is 1. The second-order valence-electron chi connectivity index (χ2n) is 6.67. The molecule has 1 N–H and O–H groups in total. The van der Waals surface area contributed by atoms with E-state index in [0.717, 1.165) is 9.87 Å². The van der Waals surface area contributed by atoms with Crippen LogP contribution in [-0.2, 0) is 14.8 Å². The number of nitrogens with one attached hydrogen (secondary N) is 1.